The van der Waals surface area contributed by atoms with E-state index < -0.39 is 0 Å². The smallest absolute Gasteiger partial charge is 0.314 e. The van der Waals surface area contributed by atoms with E-state index >= 15 is 0 Å². The first-order chi connectivity index (χ1) is 14.4. The maximum Gasteiger partial charge on any atom is 0.314 e. The standard InChI is InChI=1S/C25H30N2O3/c1-5-11-27-15-18-13-23-21(20-7-6-8-22(27)24(18)20)12-19(14-26(23)4)25(29)30-17(3)10-9-16(2)28/h5-8,12,15,17,19,23H,1,9-11,13-14H2,2-4H3/t17?,19-,23-/m1/s1. The third kappa shape index (κ3) is 3.74. The topological polar surface area (TPSA) is 51.5 Å². The molecule has 4 rings (SSSR count). The van der Waals surface area contributed by atoms with Crippen molar-refractivity contribution in [3.05, 3.63) is 54.3 Å². The highest BCUT2D eigenvalue weighted by atomic mass is 16.5. The number of carbonyl (C=O) groups is 2. The number of likely N-dealkylation sites (N-methyl/N-ethyl adjacent to an activating group) is 1. The molecular weight excluding hydrogens is 376 g/mol. The van der Waals surface area contributed by atoms with Gasteiger partial charge in [-0.05, 0) is 56.5 Å². The summed E-state index contributed by atoms with van der Waals surface area (Å²) in [5, 5.41) is 1.29. The van der Waals surface area contributed by atoms with Crippen molar-refractivity contribution in [1.29, 1.82) is 0 Å². The number of carbonyl (C=O) groups excluding carboxylic acids is 2. The summed E-state index contributed by atoms with van der Waals surface area (Å²) in [5.74, 6) is -0.381. The van der Waals surface area contributed by atoms with Crippen molar-refractivity contribution in [3.8, 4) is 0 Å². The maximum absolute atomic E-state index is 12.9. The van der Waals surface area contributed by atoms with E-state index in [9.17, 15) is 9.59 Å². The summed E-state index contributed by atoms with van der Waals surface area (Å²) in [7, 11) is 2.09. The van der Waals surface area contributed by atoms with Crippen molar-refractivity contribution >= 4 is 28.2 Å². The predicted octanol–water partition coefficient (Wildman–Crippen LogP) is 4.00. The Kier molecular flexibility index (Phi) is 5.65. The fourth-order valence-electron chi connectivity index (χ4n) is 4.82. The van der Waals surface area contributed by atoms with E-state index in [1.54, 1.807) is 6.92 Å². The highest BCUT2D eigenvalue weighted by molar-refractivity contribution is 5.99. The van der Waals surface area contributed by atoms with Crippen LogP contribution in [0.3, 0.4) is 0 Å². The fraction of sp³-hybridized carbons (Fsp3) is 0.440. The molecule has 2 aromatic rings. The summed E-state index contributed by atoms with van der Waals surface area (Å²) < 4.78 is 7.92. The van der Waals surface area contributed by atoms with Gasteiger partial charge in [-0.25, -0.2) is 0 Å². The number of aromatic nitrogens is 1. The van der Waals surface area contributed by atoms with Crippen LogP contribution in [0.2, 0.25) is 0 Å². The molecule has 2 aliphatic rings. The molecule has 3 atom stereocenters. The van der Waals surface area contributed by atoms with E-state index in [4.69, 9.17) is 4.74 Å². The molecule has 0 fully saturated rings. The Morgan fingerprint density at radius 3 is 2.90 bits per heavy atom. The maximum atomic E-state index is 12.9. The van der Waals surface area contributed by atoms with Crippen molar-refractivity contribution in [2.24, 2.45) is 5.92 Å². The van der Waals surface area contributed by atoms with Crippen molar-refractivity contribution in [2.45, 2.75) is 51.8 Å². The van der Waals surface area contributed by atoms with Crippen LogP contribution in [0.25, 0.3) is 16.5 Å². The first-order valence-corrected chi connectivity index (χ1v) is 10.7. The molecule has 1 aromatic carbocycles. The number of nitrogens with zero attached hydrogens (tertiary/aromatic N) is 2. The molecule has 1 aliphatic heterocycles. The van der Waals surface area contributed by atoms with Crippen molar-refractivity contribution in [2.75, 3.05) is 13.6 Å². The Labute approximate surface area is 178 Å². The Morgan fingerprint density at radius 2 is 2.17 bits per heavy atom. The van der Waals surface area contributed by atoms with E-state index in [1.165, 1.54) is 27.6 Å². The average molecular weight is 407 g/mol. The molecule has 5 nitrogen and oxygen atoms in total. The number of hydrogen-bond donors (Lipinski definition) is 0. The molecule has 2 heterocycles. The van der Waals surface area contributed by atoms with Crippen LogP contribution >= 0.6 is 0 Å². The summed E-state index contributed by atoms with van der Waals surface area (Å²) in [6.07, 6.45) is 7.99. The summed E-state index contributed by atoms with van der Waals surface area (Å²) in [6, 6.07) is 6.68. The first kappa shape index (κ1) is 20.6. The minimum Gasteiger partial charge on any atom is -0.462 e. The Morgan fingerprint density at radius 1 is 1.37 bits per heavy atom. The van der Waals surface area contributed by atoms with Crippen LogP contribution < -0.4 is 0 Å². The zero-order valence-electron chi connectivity index (χ0n) is 18.1. The van der Waals surface area contributed by atoms with E-state index in [0.717, 1.165) is 13.0 Å². The lowest BCUT2D eigenvalue weighted by molar-refractivity contribution is -0.153. The van der Waals surface area contributed by atoms with Gasteiger partial charge in [-0.15, -0.1) is 6.58 Å². The molecular formula is C25H30N2O3. The number of allylic oxidation sites excluding steroid dienone is 1. The molecule has 0 saturated carbocycles. The Hall–Kier alpha value is -2.66. The Balaban J connectivity index is 1.64. The van der Waals surface area contributed by atoms with Crippen LogP contribution in [0.5, 0.6) is 0 Å². The quantitative estimate of drug-likeness (QED) is 0.515. The molecule has 1 aromatic heterocycles. The molecule has 0 saturated heterocycles. The van der Waals surface area contributed by atoms with Gasteiger partial charge in [0.1, 0.15) is 5.78 Å². The van der Waals surface area contributed by atoms with E-state index in [-0.39, 0.29) is 29.8 Å². The Bertz CT molecular complexity index is 1030. The number of rotatable bonds is 7. The van der Waals surface area contributed by atoms with Crippen LogP contribution in [0.15, 0.2) is 43.1 Å². The van der Waals surface area contributed by atoms with Crippen molar-refractivity contribution in [1.82, 2.24) is 9.47 Å². The molecule has 0 N–H and O–H groups in total. The van der Waals surface area contributed by atoms with Gasteiger partial charge in [0.05, 0.1) is 12.0 Å². The third-order valence-electron chi connectivity index (χ3n) is 6.31. The molecule has 0 spiro atoms. The summed E-state index contributed by atoms with van der Waals surface area (Å²) in [6.45, 7) is 8.74. The molecule has 0 bridgehead atoms. The van der Waals surface area contributed by atoms with Gasteiger partial charge >= 0.3 is 5.97 Å². The first-order valence-electron chi connectivity index (χ1n) is 10.7. The number of Topliss-reactive ketones (excluding diaryl/α,β-unsaturated/α-hetero) is 1. The van der Waals surface area contributed by atoms with Crippen LogP contribution in [-0.2, 0) is 27.3 Å². The highest BCUT2D eigenvalue weighted by Crippen LogP contribution is 2.41. The summed E-state index contributed by atoms with van der Waals surface area (Å²) in [5.41, 5.74) is 5.01. The second-order valence-electron chi connectivity index (χ2n) is 8.67. The van der Waals surface area contributed by atoms with Crippen LogP contribution in [0, 0.1) is 5.92 Å². The number of ketones is 1. The summed E-state index contributed by atoms with van der Waals surface area (Å²) >= 11 is 0. The zero-order valence-corrected chi connectivity index (χ0v) is 18.1. The van der Waals surface area contributed by atoms with Gasteiger partial charge in [0.15, 0.2) is 0 Å². The zero-order chi connectivity index (χ0) is 21.4. The van der Waals surface area contributed by atoms with Gasteiger partial charge in [0.2, 0.25) is 0 Å². The monoisotopic (exact) mass is 406 g/mol. The number of esters is 1. The lowest BCUT2D eigenvalue weighted by atomic mass is 9.80. The second kappa shape index (κ2) is 8.23. The molecule has 5 heteroatoms. The number of ether oxygens (including phenoxy) is 1. The number of fused-ring (bicyclic) bond motifs is 2. The van der Waals surface area contributed by atoms with Crippen LogP contribution in [0.4, 0.5) is 0 Å². The van der Waals surface area contributed by atoms with Gasteiger partial charge in [-0.3, -0.25) is 9.69 Å². The van der Waals surface area contributed by atoms with Crippen molar-refractivity contribution < 1.29 is 14.3 Å². The molecule has 158 valence electrons. The molecule has 0 radical (unpaired) electrons. The SMILES string of the molecule is C=CCn1cc2c3c(cccc31)C1=C[C@@H](C(=O)OC(C)CCC(C)=O)CN(C)[C@@H]1C2. The lowest BCUT2D eigenvalue weighted by Crippen LogP contribution is -2.44. The van der Waals surface area contributed by atoms with E-state index in [1.807, 2.05) is 13.0 Å². The minimum atomic E-state index is -0.298. The predicted molar refractivity (Wildman–Crippen MR) is 119 cm³/mol. The van der Waals surface area contributed by atoms with E-state index in [2.05, 4.69) is 53.6 Å². The fourth-order valence-corrected chi connectivity index (χ4v) is 4.82. The molecule has 1 aliphatic carbocycles. The van der Waals surface area contributed by atoms with E-state index in [0.29, 0.717) is 19.4 Å². The van der Waals surface area contributed by atoms with Crippen LogP contribution in [0.1, 0.15) is 37.8 Å². The highest BCUT2D eigenvalue weighted by Gasteiger charge is 2.36. The normalized spacial score (nSPS) is 21.6. The van der Waals surface area contributed by atoms with Gasteiger partial charge in [-0.2, -0.15) is 0 Å². The van der Waals surface area contributed by atoms with Crippen molar-refractivity contribution in [3.63, 3.8) is 0 Å². The largest absolute Gasteiger partial charge is 0.462 e. The third-order valence-corrected chi connectivity index (χ3v) is 6.31. The van der Waals surface area contributed by atoms with Gasteiger partial charge in [0.25, 0.3) is 0 Å². The minimum absolute atomic E-state index is 0.120. The number of hydrogen-bond acceptors (Lipinski definition) is 4. The summed E-state index contributed by atoms with van der Waals surface area (Å²) in [4.78, 5) is 26.3. The lowest BCUT2D eigenvalue weighted by Gasteiger charge is -2.39. The molecule has 0 amide bonds. The average Bonchev–Trinajstić information content (AvgIpc) is 3.06. The molecule has 1 unspecified atom stereocenters. The van der Waals surface area contributed by atoms with Gasteiger partial charge < -0.3 is 14.1 Å². The second-order valence-corrected chi connectivity index (χ2v) is 8.67. The number of benzene rings is 1. The van der Waals surface area contributed by atoms with Gasteiger partial charge in [-0.1, -0.05) is 24.3 Å². The van der Waals surface area contributed by atoms with Crippen LogP contribution in [-0.4, -0.2) is 47.0 Å². The molecule has 30 heavy (non-hydrogen) atoms. The van der Waals surface area contributed by atoms with Gasteiger partial charge in [0, 0.05) is 42.7 Å².